The summed E-state index contributed by atoms with van der Waals surface area (Å²) in [7, 11) is 0. The molecule has 24 heavy (non-hydrogen) atoms. The topological polar surface area (TPSA) is 61.6 Å². The molecule has 6 heteroatoms. The van der Waals surface area contributed by atoms with Crippen molar-refractivity contribution in [3.05, 3.63) is 60.1 Å². The highest BCUT2D eigenvalue weighted by Gasteiger charge is 2.34. The van der Waals surface area contributed by atoms with Gasteiger partial charge in [-0.1, -0.05) is 30.3 Å². The fraction of sp³-hybridized carbons (Fsp3) is 0.333. The largest absolute Gasteiger partial charge is 0.465 e. The third-order valence-corrected chi connectivity index (χ3v) is 4.73. The molecule has 4 rings (SSSR count). The second-order valence-electron chi connectivity index (χ2n) is 6.35. The Morgan fingerprint density at radius 2 is 2.12 bits per heavy atom. The van der Waals surface area contributed by atoms with E-state index >= 15 is 0 Å². The predicted molar refractivity (Wildman–Crippen MR) is 90.2 cm³/mol. The second-order valence-corrected chi connectivity index (χ2v) is 6.35. The number of benzene rings is 1. The van der Waals surface area contributed by atoms with E-state index in [-0.39, 0.29) is 6.04 Å². The number of carboxylic acid groups (broad SMARTS) is 1. The summed E-state index contributed by atoms with van der Waals surface area (Å²) in [5.74, 6) is 0. The average Bonchev–Trinajstić information content (AvgIpc) is 3.23. The third kappa shape index (κ3) is 2.75. The molecule has 2 aromatic rings. The average molecular weight is 324 g/mol. The molecule has 2 aliphatic heterocycles. The first kappa shape index (κ1) is 14.8. The van der Waals surface area contributed by atoms with Crippen molar-refractivity contribution in [2.45, 2.75) is 25.4 Å². The SMILES string of the molecule is O=C(O)N1C=C(c2cnn(Cc3ccccc3)c2)N2CCC[C@H]2C1. The van der Waals surface area contributed by atoms with Gasteiger partial charge in [-0.2, -0.15) is 5.10 Å². The number of hydrogen-bond acceptors (Lipinski definition) is 3. The molecule has 1 saturated heterocycles. The van der Waals surface area contributed by atoms with Crippen molar-refractivity contribution in [2.24, 2.45) is 0 Å². The van der Waals surface area contributed by atoms with Gasteiger partial charge in [-0.3, -0.25) is 9.58 Å². The normalized spacial score (nSPS) is 20.0. The minimum absolute atomic E-state index is 0.276. The van der Waals surface area contributed by atoms with E-state index in [9.17, 15) is 9.90 Å². The van der Waals surface area contributed by atoms with Crippen LogP contribution in [0, 0.1) is 0 Å². The van der Waals surface area contributed by atoms with Crippen LogP contribution in [0.15, 0.2) is 48.9 Å². The minimum Gasteiger partial charge on any atom is -0.465 e. The number of hydrogen-bond donors (Lipinski definition) is 1. The summed E-state index contributed by atoms with van der Waals surface area (Å²) in [6, 6.07) is 10.5. The van der Waals surface area contributed by atoms with Crippen LogP contribution in [0.25, 0.3) is 5.70 Å². The molecule has 1 aromatic carbocycles. The zero-order valence-electron chi connectivity index (χ0n) is 13.4. The number of amides is 1. The van der Waals surface area contributed by atoms with Crippen molar-refractivity contribution < 1.29 is 9.90 Å². The summed E-state index contributed by atoms with van der Waals surface area (Å²) in [5, 5.41) is 13.8. The summed E-state index contributed by atoms with van der Waals surface area (Å²) in [5.41, 5.74) is 3.13. The van der Waals surface area contributed by atoms with Gasteiger partial charge >= 0.3 is 6.09 Å². The van der Waals surface area contributed by atoms with E-state index in [0.717, 1.165) is 30.6 Å². The maximum absolute atomic E-state index is 11.4. The van der Waals surface area contributed by atoms with Gasteiger partial charge in [-0.25, -0.2) is 4.79 Å². The van der Waals surface area contributed by atoms with Crippen molar-refractivity contribution in [3.8, 4) is 0 Å². The minimum atomic E-state index is -0.893. The lowest BCUT2D eigenvalue weighted by Crippen LogP contribution is -2.44. The summed E-state index contributed by atoms with van der Waals surface area (Å²) in [6.07, 6.45) is 6.83. The van der Waals surface area contributed by atoms with Crippen molar-refractivity contribution >= 4 is 11.8 Å². The van der Waals surface area contributed by atoms with Crippen molar-refractivity contribution in [1.82, 2.24) is 19.6 Å². The van der Waals surface area contributed by atoms with E-state index in [2.05, 4.69) is 22.1 Å². The van der Waals surface area contributed by atoms with E-state index in [0.29, 0.717) is 13.1 Å². The molecule has 0 unspecified atom stereocenters. The summed E-state index contributed by atoms with van der Waals surface area (Å²) < 4.78 is 1.90. The first-order valence-electron chi connectivity index (χ1n) is 8.25. The molecule has 6 nitrogen and oxygen atoms in total. The lowest BCUT2D eigenvalue weighted by molar-refractivity contribution is 0.148. The quantitative estimate of drug-likeness (QED) is 0.943. The van der Waals surface area contributed by atoms with E-state index in [1.807, 2.05) is 35.3 Å². The van der Waals surface area contributed by atoms with Crippen LogP contribution in [-0.4, -0.2) is 49.9 Å². The molecule has 0 spiro atoms. The Morgan fingerprint density at radius 3 is 2.92 bits per heavy atom. The molecule has 1 fully saturated rings. The lowest BCUT2D eigenvalue weighted by atomic mass is 10.1. The van der Waals surface area contributed by atoms with E-state index in [4.69, 9.17) is 0 Å². The molecule has 1 N–H and O–H groups in total. The van der Waals surface area contributed by atoms with Crippen LogP contribution in [0.4, 0.5) is 4.79 Å². The maximum atomic E-state index is 11.4. The molecule has 0 radical (unpaired) electrons. The molecule has 2 aliphatic rings. The molecule has 0 aliphatic carbocycles. The van der Waals surface area contributed by atoms with Gasteiger partial charge in [0.25, 0.3) is 0 Å². The summed E-state index contributed by atoms with van der Waals surface area (Å²) in [6.45, 7) is 2.24. The zero-order chi connectivity index (χ0) is 16.5. The standard InChI is InChI=1S/C18H20N4O2/c23-18(24)20-12-16-7-4-8-22(16)17(13-20)15-9-19-21(11-15)10-14-5-2-1-3-6-14/h1-3,5-6,9,11,13,16H,4,7-8,10,12H2,(H,23,24)/t16-/m0/s1. The molecule has 3 heterocycles. The van der Waals surface area contributed by atoms with Crippen LogP contribution in [0.1, 0.15) is 24.0 Å². The number of rotatable bonds is 3. The highest BCUT2D eigenvalue weighted by molar-refractivity contribution is 5.73. The molecule has 1 aromatic heterocycles. The van der Waals surface area contributed by atoms with Gasteiger partial charge in [0.1, 0.15) is 0 Å². The summed E-state index contributed by atoms with van der Waals surface area (Å²) >= 11 is 0. The second kappa shape index (κ2) is 6.03. The van der Waals surface area contributed by atoms with E-state index in [1.165, 1.54) is 10.5 Å². The maximum Gasteiger partial charge on any atom is 0.411 e. The van der Waals surface area contributed by atoms with Gasteiger partial charge < -0.3 is 10.0 Å². The van der Waals surface area contributed by atoms with Gasteiger partial charge in [0.05, 0.1) is 18.4 Å². The molecule has 0 bridgehead atoms. The number of carbonyl (C=O) groups is 1. The fourth-order valence-electron chi connectivity index (χ4n) is 3.57. The molecule has 0 saturated carbocycles. The van der Waals surface area contributed by atoms with Crippen LogP contribution < -0.4 is 0 Å². The summed E-state index contributed by atoms with van der Waals surface area (Å²) in [4.78, 5) is 15.1. The van der Waals surface area contributed by atoms with E-state index in [1.54, 1.807) is 6.20 Å². The smallest absolute Gasteiger partial charge is 0.411 e. The first-order valence-corrected chi connectivity index (χ1v) is 8.25. The Labute approximate surface area is 140 Å². The highest BCUT2D eigenvalue weighted by Crippen LogP contribution is 2.32. The molecular weight excluding hydrogens is 304 g/mol. The molecular formula is C18H20N4O2. The van der Waals surface area contributed by atoms with Gasteiger partial charge in [-0.15, -0.1) is 0 Å². The van der Waals surface area contributed by atoms with Gasteiger partial charge in [0, 0.05) is 37.1 Å². The Kier molecular flexibility index (Phi) is 3.72. The number of fused-ring (bicyclic) bond motifs is 1. The van der Waals surface area contributed by atoms with Crippen molar-refractivity contribution in [3.63, 3.8) is 0 Å². The highest BCUT2D eigenvalue weighted by atomic mass is 16.4. The Bertz CT molecular complexity index is 768. The van der Waals surface area contributed by atoms with Gasteiger partial charge in [0.2, 0.25) is 0 Å². The number of nitrogens with zero attached hydrogens (tertiary/aromatic N) is 4. The Hall–Kier alpha value is -2.76. The van der Waals surface area contributed by atoms with Crippen LogP contribution in [-0.2, 0) is 6.54 Å². The van der Waals surface area contributed by atoms with Crippen LogP contribution in [0.2, 0.25) is 0 Å². The molecule has 1 amide bonds. The van der Waals surface area contributed by atoms with Crippen LogP contribution in [0.3, 0.4) is 0 Å². The van der Waals surface area contributed by atoms with Crippen LogP contribution in [0.5, 0.6) is 0 Å². The lowest BCUT2D eigenvalue weighted by Gasteiger charge is -2.36. The Balaban J connectivity index is 1.61. The first-order chi connectivity index (χ1) is 11.7. The molecule has 124 valence electrons. The predicted octanol–water partition coefficient (Wildman–Crippen LogP) is 2.69. The fourth-order valence-corrected chi connectivity index (χ4v) is 3.57. The van der Waals surface area contributed by atoms with E-state index < -0.39 is 6.09 Å². The third-order valence-electron chi connectivity index (χ3n) is 4.73. The van der Waals surface area contributed by atoms with Gasteiger partial charge in [-0.05, 0) is 18.4 Å². The number of aromatic nitrogens is 2. The zero-order valence-corrected chi connectivity index (χ0v) is 13.4. The van der Waals surface area contributed by atoms with Crippen LogP contribution >= 0.6 is 0 Å². The van der Waals surface area contributed by atoms with Crippen molar-refractivity contribution in [2.75, 3.05) is 13.1 Å². The molecule has 1 atom stereocenters. The monoisotopic (exact) mass is 324 g/mol. The Morgan fingerprint density at radius 1 is 1.29 bits per heavy atom. The van der Waals surface area contributed by atoms with Gasteiger partial charge in [0.15, 0.2) is 0 Å². The van der Waals surface area contributed by atoms with Crippen molar-refractivity contribution in [1.29, 1.82) is 0 Å².